The summed E-state index contributed by atoms with van der Waals surface area (Å²) in [7, 11) is -4.20. The van der Waals surface area contributed by atoms with Crippen LogP contribution in [0.15, 0.2) is 59.5 Å². The molecule has 3 rings (SSSR count). The minimum absolute atomic E-state index is 0.0136. The van der Waals surface area contributed by atoms with E-state index in [0.717, 1.165) is 14.8 Å². The van der Waals surface area contributed by atoms with Crippen LogP contribution in [0, 0.1) is 16.7 Å². The molecule has 1 saturated heterocycles. The van der Waals surface area contributed by atoms with E-state index in [1.165, 1.54) is 24.3 Å². The van der Waals surface area contributed by atoms with Gasteiger partial charge in [-0.1, -0.05) is 44.2 Å². The lowest BCUT2D eigenvalue weighted by Gasteiger charge is -2.44. The summed E-state index contributed by atoms with van der Waals surface area (Å²) < 4.78 is 39.3. The van der Waals surface area contributed by atoms with Gasteiger partial charge in [0.05, 0.1) is 42.4 Å². The number of aromatic hydroxyl groups is 1. The maximum absolute atomic E-state index is 13.8. The standard InChI is InChI=1S/C28H37N3O8S/c1-28(2,13-6-14-29)19-30(40(36,37)24-11-9-23(32)10-12-24)16-26(33)25(15-21-7-4-3-5-8-21)31(27(34)35)22-17-38-20-39-18-22/h3-5,7-12,22,25-26,32-33H,6,13,15-20H2,1-2H3,(H,34,35)/p-1/t25-,26+/m0/s1. The maximum atomic E-state index is 13.8. The summed E-state index contributed by atoms with van der Waals surface area (Å²) in [5.74, 6) is -0.107. The molecule has 2 atom stereocenters. The van der Waals surface area contributed by atoms with Gasteiger partial charge in [0.1, 0.15) is 18.6 Å². The second kappa shape index (κ2) is 13.9. The van der Waals surface area contributed by atoms with E-state index >= 15 is 0 Å². The van der Waals surface area contributed by atoms with Gasteiger partial charge in [0.15, 0.2) is 0 Å². The first-order valence-electron chi connectivity index (χ1n) is 13.0. The maximum Gasteiger partial charge on any atom is 0.243 e. The molecule has 0 aromatic heterocycles. The van der Waals surface area contributed by atoms with Crippen molar-refractivity contribution in [3.05, 3.63) is 60.2 Å². The Morgan fingerprint density at radius 1 is 1.15 bits per heavy atom. The van der Waals surface area contributed by atoms with Crippen LogP contribution in [0.25, 0.3) is 0 Å². The van der Waals surface area contributed by atoms with Crippen molar-refractivity contribution >= 4 is 16.1 Å². The highest BCUT2D eigenvalue weighted by Crippen LogP contribution is 2.29. The number of benzene rings is 2. The number of aliphatic hydroxyl groups is 1. The third kappa shape index (κ3) is 8.39. The molecule has 0 spiro atoms. The number of amides is 1. The van der Waals surface area contributed by atoms with Gasteiger partial charge in [-0.05, 0) is 48.1 Å². The van der Waals surface area contributed by atoms with Crippen molar-refractivity contribution in [1.82, 2.24) is 9.21 Å². The molecule has 2 aromatic carbocycles. The minimum atomic E-state index is -4.20. The largest absolute Gasteiger partial charge is 0.530 e. The second-order valence-corrected chi connectivity index (χ2v) is 12.6. The van der Waals surface area contributed by atoms with Crippen molar-refractivity contribution in [1.29, 1.82) is 5.26 Å². The van der Waals surface area contributed by atoms with Crippen LogP contribution in [-0.4, -0.2) is 85.2 Å². The van der Waals surface area contributed by atoms with Crippen LogP contribution in [0.5, 0.6) is 5.75 Å². The topological polar surface area (TPSA) is 163 Å². The van der Waals surface area contributed by atoms with Crippen LogP contribution in [0.2, 0.25) is 0 Å². The zero-order valence-electron chi connectivity index (χ0n) is 22.7. The number of hydrogen-bond acceptors (Lipinski definition) is 9. The highest BCUT2D eigenvalue weighted by molar-refractivity contribution is 7.89. The fraction of sp³-hybridized carbons (Fsp3) is 0.500. The Bertz CT molecular complexity index is 1240. The van der Waals surface area contributed by atoms with E-state index in [-0.39, 0.29) is 50.0 Å². The van der Waals surface area contributed by atoms with Crippen molar-refractivity contribution in [2.45, 2.75) is 56.2 Å². The van der Waals surface area contributed by atoms with Crippen LogP contribution in [0.3, 0.4) is 0 Å². The molecule has 0 aliphatic carbocycles. The summed E-state index contributed by atoms with van der Waals surface area (Å²) in [6.07, 6.45) is -2.33. The van der Waals surface area contributed by atoms with Gasteiger partial charge in [-0.3, -0.25) is 0 Å². The number of sulfonamides is 1. The lowest BCUT2D eigenvalue weighted by atomic mass is 9.88. The van der Waals surface area contributed by atoms with Gasteiger partial charge in [-0.15, -0.1) is 0 Å². The van der Waals surface area contributed by atoms with Crippen LogP contribution in [-0.2, 0) is 25.9 Å². The number of hydrogen-bond donors (Lipinski definition) is 2. The van der Waals surface area contributed by atoms with Crippen molar-refractivity contribution in [3.8, 4) is 11.8 Å². The number of aliphatic hydroxyl groups excluding tert-OH is 1. The molecule has 0 saturated carbocycles. The fourth-order valence-corrected chi connectivity index (χ4v) is 6.41. The van der Waals surface area contributed by atoms with Crippen LogP contribution >= 0.6 is 0 Å². The molecule has 12 heteroatoms. The molecule has 2 aromatic rings. The van der Waals surface area contributed by atoms with Gasteiger partial charge in [0.25, 0.3) is 0 Å². The van der Waals surface area contributed by atoms with E-state index in [2.05, 4.69) is 6.07 Å². The number of phenolic OH excluding ortho intramolecular Hbond substituents is 1. The number of carbonyl (C=O) groups is 1. The highest BCUT2D eigenvalue weighted by atomic mass is 32.2. The molecule has 1 fully saturated rings. The summed E-state index contributed by atoms with van der Waals surface area (Å²) in [4.78, 5) is 13.3. The first-order valence-corrected chi connectivity index (χ1v) is 14.4. The lowest BCUT2D eigenvalue weighted by Crippen LogP contribution is -2.62. The first kappa shape index (κ1) is 31.3. The molecular weight excluding hydrogens is 538 g/mol. The highest BCUT2D eigenvalue weighted by Gasteiger charge is 2.38. The molecule has 2 N–H and O–H groups in total. The summed E-state index contributed by atoms with van der Waals surface area (Å²) in [6.45, 7) is 3.23. The van der Waals surface area contributed by atoms with Crippen LogP contribution in [0.4, 0.5) is 4.79 Å². The van der Waals surface area contributed by atoms with Gasteiger partial charge in [-0.25, -0.2) is 8.42 Å². The van der Waals surface area contributed by atoms with Gasteiger partial charge < -0.3 is 34.5 Å². The molecule has 1 aliphatic rings. The predicted octanol–water partition coefficient (Wildman–Crippen LogP) is 1.70. The molecule has 1 aliphatic heterocycles. The normalized spacial score (nSPS) is 16.3. The third-order valence-corrected chi connectivity index (χ3v) is 8.69. The Morgan fingerprint density at radius 2 is 1.77 bits per heavy atom. The van der Waals surface area contributed by atoms with Crippen LogP contribution in [0.1, 0.15) is 32.3 Å². The van der Waals surface area contributed by atoms with E-state index in [9.17, 15) is 28.5 Å². The zero-order chi connectivity index (χ0) is 29.3. The summed E-state index contributed by atoms with van der Waals surface area (Å²) in [6, 6.07) is 14.2. The van der Waals surface area contributed by atoms with Gasteiger partial charge in [-0.2, -0.15) is 9.57 Å². The fourth-order valence-electron chi connectivity index (χ4n) is 4.76. The number of phenols is 1. The lowest BCUT2D eigenvalue weighted by molar-refractivity contribution is -0.278. The number of ether oxygens (including phenoxy) is 2. The van der Waals surface area contributed by atoms with Crippen molar-refractivity contribution < 1.29 is 38.0 Å². The molecule has 0 unspecified atom stereocenters. The van der Waals surface area contributed by atoms with E-state index in [1.54, 1.807) is 24.3 Å². The van der Waals surface area contributed by atoms with Crippen molar-refractivity contribution in [2.24, 2.45) is 5.41 Å². The average Bonchev–Trinajstić information content (AvgIpc) is 2.92. The predicted molar refractivity (Wildman–Crippen MR) is 143 cm³/mol. The average molecular weight is 575 g/mol. The van der Waals surface area contributed by atoms with Gasteiger partial charge >= 0.3 is 0 Å². The number of rotatable bonds is 13. The quantitative estimate of drug-likeness (QED) is 0.362. The summed E-state index contributed by atoms with van der Waals surface area (Å²) >= 11 is 0. The molecule has 1 amide bonds. The monoisotopic (exact) mass is 574 g/mol. The zero-order valence-corrected chi connectivity index (χ0v) is 23.5. The summed E-state index contributed by atoms with van der Waals surface area (Å²) in [5.41, 5.74) is 0.0886. The molecule has 1 heterocycles. The van der Waals surface area contributed by atoms with E-state index in [1.807, 2.05) is 19.9 Å². The Labute approximate surface area is 235 Å². The van der Waals surface area contributed by atoms with Crippen molar-refractivity contribution in [3.63, 3.8) is 0 Å². The Hall–Kier alpha value is -3.21. The molecule has 40 heavy (non-hydrogen) atoms. The van der Waals surface area contributed by atoms with E-state index < -0.39 is 46.3 Å². The minimum Gasteiger partial charge on any atom is -0.530 e. The Kier molecular flexibility index (Phi) is 10.9. The molecule has 11 nitrogen and oxygen atoms in total. The SMILES string of the molecule is CC(C)(CCC#N)CN(C[C@@H](O)[C@H](Cc1ccccc1)N(C(=O)[O-])C1COCOC1)S(=O)(=O)c1ccc(O)cc1. The number of carbonyl (C=O) groups excluding carboxylic acids is 1. The second-order valence-electron chi connectivity index (χ2n) is 10.6. The molecule has 218 valence electrons. The molecular formula is C28H36N3O8S-. The van der Waals surface area contributed by atoms with Gasteiger partial charge in [0, 0.05) is 19.5 Å². The third-order valence-electron chi connectivity index (χ3n) is 6.86. The van der Waals surface area contributed by atoms with Gasteiger partial charge in [0.2, 0.25) is 10.0 Å². The molecule has 0 bridgehead atoms. The first-order chi connectivity index (χ1) is 18.9. The van der Waals surface area contributed by atoms with Crippen LogP contribution < -0.4 is 5.11 Å². The number of nitriles is 1. The van der Waals surface area contributed by atoms with E-state index in [4.69, 9.17) is 14.7 Å². The van der Waals surface area contributed by atoms with Crippen molar-refractivity contribution in [2.75, 3.05) is 33.1 Å². The number of nitrogens with zero attached hydrogens (tertiary/aromatic N) is 3. The Balaban J connectivity index is 2.00. The smallest absolute Gasteiger partial charge is 0.243 e. The Morgan fingerprint density at radius 3 is 2.35 bits per heavy atom. The molecule has 0 radical (unpaired) electrons. The summed E-state index contributed by atoms with van der Waals surface area (Å²) in [5, 5.41) is 42.8. The number of carboxylic acid groups (broad SMARTS) is 1. The van der Waals surface area contributed by atoms with E-state index in [0.29, 0.717) is 6.42 Å².